The van der Waals surface area contributed by atoms with Crippen LogP contribution in [0.25, 0.3) is 0 Å². The Hall–Kier alpha value is -1.16. The lowest BCUT2D eigenvalue weighted by molar-refractivity contribution is -0.140. The second-order valence-corrected chi connectivity index (χ2v) is 10.1. The quantitative estimate of drug-likeness (QED) is 0.342. The molecule has 0 atom stereocenters. The third-order valence-corrected chi connectivity index (χ3v) is 6.66. The Labute approximate surface area is 177 Å². The van der Waals surface area contributed by atoms with E-state index in [4.69, 9.17) is 18.3 Å². The minimum atomic E-state index is -1.40. The Morgan fingerprint density at radius 1 is 1.21 bits per heavy atom. The van der Waals surface area contributed by atoms with Crippen LogP contribution < -0.4 is 4.52 Å². The van der Waals surface area contributed by atoms with Gasteiger partial charge in [-0.3, -0.25) is 4.79 Å². The van der Waals surface area contributed by atoms with Gasteiger partial charge in [-0.2, -0.15) is 0 Å². The summed E-state index contributed by atoms with van der Waals surface area (Å²) in [6, 6.07) is 6.10. The molecule has 6 heteroatoms. The Kier molecular flexibility index (Phi) is 8.93. The zero-order valence-electron chi connectivity index (χ0n) is 18.9. The number of aryl methyl sites for hydroxylation is 1. The van der Waals surface area contributed by atoms with Gasteiger partial charge in [-0.25, -0.2) is 0 Å². The van der Waals surface area contributed by atoms with Gasteiger partial charge in [0.2, 0.25) is 0 Å². The van der Waals surface area contributed by atoms with Crippen LogP contribution in [0.4, 0.5) is 0 Å². The predicted octanol–water partition coefficient (Wildman–Crippen LogP) is 6.33. The first kappa shape index (κ1) is 24.1. The fraction of sp³-hybridized carbons (Fsp3) is 0.696. The standard InChI is InChI=1S/C23H37O5P/c1-7-9-14-23(8-2)16-26-29(27-17-23)28-20-12-10-18(11-13-21(24)25-6)15-19(20)22(3,4)5/h10,12,15H,7-9,11,13-14,16-17H2,1-6H3. The molecule has 1 aliphatic rings. The first-order chi connectivity index (χ1) is 13.7. The molecule has 0 amide bonds. The number of methoxy groups -OCH3 is 1. The van der Waals surface area contributed by atoms with Crippen molar-refractivity contribution in [1.29, 1.82) is 0 Å². The van der Waals surface area contributed by atoms with Gasteiger partial charge in [-0.15, -0.1) is 0 Å². The molecular formula is C23H37O5P. The first-order valence-electron chi connectivity index (χ1n) is 10.7. The van der Waals surface area contributed by atoms with Gasteiger partial charge in [0.05, 0.1) is 20.3 Å². The van der Waals surface area contributed by atoms with Crippen molar-refractivity contribution in [2.45, 2.75) is 78.6 Å². The van der Waals surface area contributed by atoms with Crippen molar-refractivity contribution in [3.8, 4) is 5.75 Å². The lowest BCUT2D eigenvalue weighted by Crippen LogP contribution is -2.34. The fourth-order valence-corrected chi connectivity index (χ4v) is 4.67. The van der Waals surface area contributed by atoms with E-state index in [0.717, 1.165) is 29.7 Å². The largest absolute Gasteiger partial charge is 0.469 e. The summed E-state index contributed by atoms with van der Waals surface area (Å²) in [5, 5.41) is 0. The van der Waals surface area contributed by atoms with E-state index in [-0.39, 0.29) is 16.8 Å². The van der Waals surface area contributed by atoms with E-state index in [0.29, 0.717) is 26.1 Å². The molecule has 0 unspecified atom stereocenters. The summed E-state index contributed by atoms with van der Waals surface area (Å²) in [6.07, 6.45) is 5.58. The smallest absolute Gasteiger partial charge is 0.397 e. The number of benzene rings is 1. The number of ether oxygens (including phenoxy) is 1. The van der Waals surface area contributed by atoms with Crippen LogP contribution >= 0.6 is 8.60 Å². The topological polar surface area (TPSA) is 54.0 Å². The molecule has 1 fully saturated rings. The van der Waals surface area contributed by atoms with Gasteiger partial charge in [0, 0.05) is 17.4 Å². The normalized spacial score (nSPS) is 22.3. The van der Waals surface area contributed by atoms with Gasteiger partial charge >= 0.3 is 14.6 Å². The molecule has 5 nitrogen and oxygen atoms in total. The fourth-order valence-electron chi connectivity index (χ4n) is 3.42. The molecule has 1 heterocycles. The molecule has 0 radical (unpaired) electrons. The van der Waals surface area contributed by atoms with Crippen LogP contribution in [0, 0.1) is 5.41 Å². The van der Waals surface area contributed by atoms with Crippen molar-refractivity contribution in [1.82, 2.24) is 0 Å². The van der Waals surface area contributed by atoms with Gasteiger partial charge in [0.1, 0.15) is 5.75 Å². The molecule has 0 aromatic heterocycles. The molecule has 164 valence electrons. The van der Waals surface area contributed by atoms with Crippen LogP contribution in [0.1, 0.15) is 77.8 Å². The molecule has 0 spiro atoms. The van der Waals surface area contributed by atoms with E-state index in [2.05, 4.69) is 40.7 Å². The minimum absolute atomic E-state index is 0.101. The Morgan fingerprint density at radius 2 is 1.90 bits per heavy atom. The van der Waals surface area contributed by atoms with Crippen LogP contribution in [-0.4, -0.2) is 26.3 Å². The van der Waals surface area contributed by atoms with E-state index in [1.54, 1.807) is 0 Å². The second kappa shape index (κ2) is 10.7. The van der Waals surface area contributed by atoms with Crippen molar-refractivity contribution >= 4 is 14.6 Å². The third-order valence-electron chi connectivity index (χ3n) is 5.63. The van der Waals surface area contributed by atoms with Crippen LogP contribution in [-0.2, 0) is 30.4 Å². The summed E-state index contributed by atoms with van der Waals surface area (Å²) in [5.41, 5.74) is 2.20. The molecule has 1 saturated heterocycles. The maximum absolute atomic E-state index is 11.5. The van der Waals surface area contributed by atoms with Crippen molar-refractivity contribution in [3.63, 3.8) is 0 Å². The van der Waals surface area contributed by atoms with E-state index in [1.807, 2.05) is 12.1 Å². The van der Waals surface area contributed by atoms with Crippen molar-refractivity contribution in [3.05, 3.63) is 29.3 Å². The van der Waals surface area contributed by atoms with Gasteiger partial charge in [0.15, 0.2) is 0 Å². The molecule has 29 heavy (non-hydrogen) atoms. The van der Waals surface area contributed by atoms with Gasteiger partial charge < -0.3 is 18.3 Å². The maximum Gasteiger partial charge on any atom is 0.397 e. The lowest BCUT2D eigenvalue weighted by atomic mass is 9.82. The molecule has 0 aliphatic carbocycles. The van der Waals surface area contributed by atoms with E-state index in [1.165, 1.54) is 20.0 Å². The van der Waals surface area contributed by atoms with Crippen LogP contribution in [0.2, 0.25) is 0 Å². The van der Waals surface area contributed by atoms with E-state index >= 15 is 0 Å². The number of carbonyl (C=O) groups is 1. The summed E-state index contributed by atoms with van der Waals surface area (Å²) in [4.78, 5) is 11.5. The highest BCUT2D eigenvalue weighted by atomic mass is 31.2. The predicted molar refractivity (Wildman–Crippen MR) is 117 cm³/mol. The highest BCUT2D eigenvalue weighted by Gasteiger charge is 2.37. The van der Waals surface area contributed by atoms with Crippen LogP contribution in [0.5, 0.6) is 5.75 Å². The molecule has 1 aromatic rings. The molecule has 0 N–H and O–H groups in total. The van der Waals surface area contributed by atoms with Crippen molar-refractivity contribution in [2.75, 3.05) is 20.3 Å². The number of carbonyl (C=O) groups excluding carboxylic acids is 1. The average molecular weight is 425 g/mol. The molecule has 0 saturated carbocycles. The number of rotatable bonds is 9. The van der Waals surface area contributed by atoms with Crippen molar-refractivity contribution in [2.24, 2.45) is 5.41 Å². The lowest BCUT2D eigenvalue weighted by Gasteiger charge is -2.38. The third kappa shape index (κ3) is 6.94. The summed E-state index contributed by atoms with van der Waals surface area (Å²) in [6.45, 7) is 12.3. The summed E-state index contributed by atoms with van der Waals surface area (Å²) in [5.74, 6) is 0.598. The Bertz CT molecular complexity index is 660. The highest BCUT2D eigenvalue weighted by molar-refractivity contribution is 7.42. The Morgan fingerprint density at radius 3 is 2.45 bits per heavy atom. The SMILES string of the molecule is CCCCC1(CC)COP(Oc2ccc(CCC(=O)OC)cc2C(C)(C)C)OC1. The number of esters is 1. The number of unbranched alkanes of at least 4 members (excludes halogenated alkanes) is 1. The zero-order chi connectivity index (χ0) is 21.5. The van der Waals surface area contributed by atoms with Crippen molar-refractivity contribution < 1.29 is 23.1 Å². The minimum Gasteiger partial charge on any atom is -0.469 e. The van der Waals surface area contributed by atoms with Gasteiger partial charge in [-0.1, -0.05) is 59.6 Å². The van der Waals surface area contributed by atoms with Crippen LogP contribution in [0.3, 0.4) is 0 Å². The molecular weight excluding hydrogens is 387 g/mol. The van der Waals surface area contributed by atoms with Crippen LogP contribution in [0.15, 0.2) is 18.2 Å². The molecule has 1 aromatic carbocycles. The van der Waals surface area contributed by atoms with E-state index < -0.39 is 8.60 Å². The highest BCUT2D eigenvalue weighted by Crippen LogP contribution is 2.51. The Balaban J connectivity index is 2.07. The molecule has 1 aliphatic heterocycles. The number of hydrogen-bond donors (Lipinski definition) is 0. The average Bonchev–Trinajstić information content (AvgIpc) is 2.71. The van der Waals surface area contributed by atoms with Gasteiger partial charge in [-0.05, 0) is 36.3 Å². The van der Waals surface area contributed by atoms with Gasteiger partial charge in [0.25, 0.3) is 0 Å². The summed E-state index contributed by atoms with van der Waals surface area (Å²) in [7, 11) is 0.0232. The maximum atomic E-state index is 11.5. The summed E-state index contributed by atoms with van der Waals surface area (Å²) >= 11 is 0. The monoisotopic (exact) mass is 424 g/mol. The van der Waals surface area contributed by atoms with E-state index in [9.17, 15) is 4.79 Å². The first-order valence-corrected chi connectivity index (χ1v) is 11.8. The molecule has 0 bridgehead atoms. The summed E-state index contributed by atoms with van der Waals surface area (Å²) < 4.78 is 23.0. The second-order valence-electron chi connectivity index (χ2n) is 8.98. The zero-order valence-corrected chi connectivity index (χ0v) is 19.8. The molecule has 2 rings (SSSR count). The number of hydrogen-bond acceptors (Lipinski definition) is 5.